The van der Waals surface area contributed by atoms with E-state index >= 15 is 0 Å². The van der Waals surface area contributed by atoms with Gasteiger partial charge in [-0.05, 0) is 54.9 Å². The third-order valence-corrected chi connectivity index (χ3v) is 6.19. The van der Waals surface area contributed by atoms with E-state index in [4.69, 9.17) is 0 Å². The first-order valence-corrected chi connectivity index (χ1v) is 11.8. The molecular formula is C25H23N7O3S. The van der Waals surface area contributed by atoms with E-state index in [2.05, 4.69) is 31.0 Å². The zero-order valence-corrected chi connectivity index (χ0v) is 20.4. The molecule has 1 aromatic heterocycles. The first-order chi connectivity index (χ1) is 17.4. The maximum atomic E-state index is 12.1. The molecule has 0 spiro atoms. The number of carbonyl (C=O) groups excluding carboxylic acids is 1. The van der Waals surface area contributed by atoms with Gasteiger partial charge in [0.1, 0.15) is 0 Å². The predicted molar refractivity (Wildman–Crippen MR) is 139 cm³/mol. The van der Waals surface area contributed by atoms with Crippen molar-refractivity contribution in [3.05, 3.63) is 93.5 Å². The molecular weight excluding hydrogens is 478 g/mol. The van der Waals surface area contributed by atoms with Gasteiger partial charge in [-0.15, -0.1) is 5.10 Å². The van der Waals surface area contributed by atoms with E-state index in [9.17, 15) is 14.9 Å². The molecule has 4 aromatic rings. The Bertz CT molecular complexity index is 1420. The zero-order chi connectivity index (χ0) is 25.5. The van der Waals surface area contributed by atoms with Crippen LogP contribution in [0.5, 0.6) is 0 Å². The number of aromatic amines is 1. The number of hydrazone groups is 1. The molecule has 0 aliphatic rings. The van der Waals surface area contributed by atoms with Gasteiger partial charge in [-0.3, -0.25) is 20.0 Å². The Hall–Kier alpha value is -4.51. The van der Waals surface area contributed by atoms with E-state index in [0.29, 0.717) is 21.4 Å². The highest BCUT2D eigenvalue weighted by molar-refractivity contribution is 7.99. The summed E-state index contributed by atoms with van der Waals surface area (Å²) < 4.78 is 0. The van der Waals surface area contributed by atoms with Gasteiger partial charge >= 0.3 is 0 Å². The van der Waals surface area contributed by atoms with Crippen molar-refractivity contribution in [1.29, 1.82) is 0 Å². The normalized spacial score (nSPS) is 10.9. The minimum absolute atomic E-state index is 0.0389. The average Bonchev–Trinajstić information content (AvgIpc) is 3.34. The number of hydrogen-bond acceptors (Lipinski definition) is 8. The second kappa shape index (κ2) is 11.3. The molecule has 3 aromatic carbocycles. The Morgan fingerprint density at radius 2 is 1.92 bits per heavy atom. The van der Waals surface area contributed by atoms with Gasteiger partial charge in [-0.25, -0.2) is 10.4 Å². The number of benzene rings is 3. The summed E-state index contributed by atoms with van der Waals surface area (Å²) in [5.41, 5.74) is 6.77. The average molecular weight is 502 g/mol. The second-order valence-electron chi connectivity index (χ2n) is 7.86. The van der Waals surface area contributed by atoms with Gasteiger partial charge in [0.25, 0.3) is 11.6 Å². The van der Waals surface area contributed by atoms with Crippen molar-refractivity contribution in [3.63, 3.8) is 0 Å². The van der Waals surface area contributed by atoms with Crippen molar-refractivity contribution in [2.75, 3.05) is 11.9 Å². The number of aryl methyl sites for hydroxylation is 2. The zero-order valence-electron chi connectivity index (χ0n) is 19.6. The molecule has 11 heteroatoms. The Labute approximate surface area is 211 Å². The van der Waals surface area contributed by atoms with E-state index in [-0.39, 0.29) is 18.1 Å². The molecule has 0 aliphatic carbocycles. The molecule has 36 heavy (non-hydrogen) atoms. The van der Waals surface area contributed by atoms with Crippen molar-refractivity contribution in [2.24, 2.45) is 5.10 Å². The molecule has 3 N–H and O–H groups in total. The Kier molecular flexibility index (Phi) is 7.71. The predicted octanol–water partition coefficient (Wildman–Crippen LogP) is 4.71. The number of rotatable bonds is 9. The van der Waals surface area contributed by atoms with Crippen molar-refractivity contribution in [1.82, 2.24) is 20.6 Å². The Balaban J connectivity index is 1.37. The lowest BCUT2D eigenvalue weighted by atomic mass is 10.1. The number of nitrogens with zero attached hydrogens (tertiary/aromatic N) is 4. The Morgan fingerprint density at radius 3 is 2.67 bits per heavy atom. The number of carbonyl (C=O) groups is 1. The fourth-order valence-electron chi connectivity index (χ4n) is 3.21. The first kappa shape index (κ1) is 24.6. The molecule has 1 amide bonds. The summed E-state index contributed by atoms with van der Waals surface area (Å²) >= 11 is 1.08. The van der Waals surface area contributed by atoms with Crippen LogP contribution in [0.1, 0.15) is 16.7 Å². The van der Waals surface area contributed by atoms with Crippen molar-refractivity contribution in [2.45, 2.75) is 23.9 Å². The summed E-state index contributed by atoms with van der Waals surface area (Å²) in [5.74, 6) is 0.234. The molecule has 4 rings (SSSR count). The molecule has 0 atom stereocenters. The third kappa shape index (κ3) is 6.33. The number of nitro benzene ring substituents is 1. The molecule has 0 unspecified atom stereocenters. The fraction of sp³-hybridized carbons (Fsp3) is 0.120. The smallest absolute Gasteiger partial charge is 0.283 e. The fourth-order valence-corrected chi connectivity index (χ4v) is 4.01. The van der Waals surface area contributed by atoms with Crippen LogP contribution in [0.3, 0.4) is 0 Å². The lowest BCUT2D eigenvalue weighted by molar-refractivity contribution is -0.387. The van der Waals surface area contributed by atoms with E-state index in [1.807, 2.05) is 62.4 Å². The molecule has 0 saturated heterocycles. The van der Waals surface area contributed by atoms with E-state index in [1.165, 1.54) is 17.8 Å². The van der Waals surface area contributed by atoms with Crippen molar-refractivity contribution >= 4 is 35.3 Å². The maximum absolute atomic E-state index is 12.1. The van der Waals surface area contributed by atoms with Crippen LogP contribution in [-0.2, 0) is 4.79 Å². The van der Waals surface area contributed by atoms with Crippen LogP contribution >= 0.6 is 11.8 Å². The molecule has 0 aliphatic heterocycles. The van der Waals surface area contributed by atoms with Crippen LogP contribution in [-0.4, -0.2) is 38.8 Å². The van der Waals surface area contributed by atoms with E-state index < -0.39 is 4.92 Å². The van der Waals surface area contributed by atoms with Gasteiger partial charge in [-0.2, -0.15) is 5.10 Å². The van der Waals surface area contributed by atoms with Gasteiger partial charge in [0.05, 0.1) is 22.6 Å². The van der Waals surface area contributed by atoms with Gasteiger partial charge in [-0.1, -0.05) is 42.5 Å². The van der Waals surface area contributed by atoms with Crippen LogP contribution in [0.15, 0.2) is 81.9 Å². The molecule has 10 nitrogen and oxygen atoms in total. The number of anilines is 1. The quantitative estimate of drug-likeness (QED) is 0.171. The summed E-state index contributed by atoms with van der Waals surface area (Å²) in [5, 5.41) is 26.0. The number of nitro groups is 1. The maximum Gasteiger partial charge on any atom is 0.283 e. The monoisotopic (exact) mass is 501 g/mol. The number of H-pyrrole nitrogens is 1. The van der Waals surface area contributed by atoms with Crippen LogP contribution in [0, 0.1) is 24.0 Å². The van der Waals surface area contributed by atoms with Crippen molar-refractivity contribution < 1.29 is 9.72 Å². The van der Waals surface area contributed by atoms with Gasteiger partial charge in [0.2, 0.25) is 5.16 Å². The third-order valence-electron chi connectivity index (χ3n) is 5.26. The van der Waals surface area contributed by atoms with Crippen LogP contribution < -0.4 is 10.7 Å². The van der Waals surface area contributed by atoms with Crippen LogP contribution in [0.25, 0.3) is 11.4 Å². The molecule has 0 bridgehead atoms. The molecule has 0 fully saturated rings. The highest BCUT2D eigenvalue weighted by Crippen LogP contribution is 2.34. The molecule has 0 radical (unpaired) electrons. The standard InChI is InChI=1S/C25H23N7O3S/c1-16-8-10-20(12-17(16)2)26-15-23(33)29-27-14-18-9-11-22(21(13-18)32(34)35)36-25-28-24(30-31-25)19-6-4-3-5-7-19/h3-14,26H,15H2,1-2H3,(H,29,33)(H,28,30,31)/b27-14-. The lowest BCUT2D eigenvalue weighted by Crippen LogP contribution is -2.25. The highest BCUT2D eigenvalue weighted by Gasteiger charge is 2.18. The summed E-state index contributed by atoms with van der Waals surface area (Å²) in [4.78, 5) is 28.1. The highest BCUT2D eigenvalue weighted by atomic mass is 32.2. The van der Waals surface area contributed by atoms with E-state index in [0.717, 1.165) is 28.6 Å². The number of aromatic nitrogens is 3. The van der Waals surface area contributed by atoms with Crippen LogP contribution in [0.4, 0.5) is 11.4 Å². The SMILES string of the molecule is Cc1ccc(NCC(=O)N/N=C\c2ccc(Sc3n[nH]c(-c4ccccc4)n3)c([N+](=O)[O-])c2)cc1C. The summed E-state index contributed by atoms with van der Waals surface area (Å²) in [6.45, 7) is 4.06. The molecule has 1 heterocycles. The second-order valence-corrected chi connectivity index (χ2v) is 8.87. The minimum Gasteiger partial charge on any atom is -0.376 e. The number of nitrogens with one attached hydrogen (secondary N) is 3. The van der Waals surface area contributed by atoms with Gasteiger partial charge in [0, 0.05) is 22.9 Å². The summed E-state index contributed by atoms with van der Waals surface area (Å²) in [6, 6.07) is 20.0. The lowest BCUT2D eigenvalue weighted by Gasteiger charge is -2.07. The molecule has 182 valence electrons. The Morgan fingerprint density at radius 1 is 1.11 bits per heavy atom. The van der Waals surface area contributed by atoms with Gasteiger partial charge in [0.15, 0.2) is 5.82 Å². The first-order valence-electron chi connectivity index (χ1n) is 11.0. The largest absolute Gasteiger partial charge is 0.376 e. The van der Waals surface area contributed by atoms with Gasteiger partial charge < -0.3 is 5.32 Å². The van der Waals surface area contributed by atoms with Crippen LogP contribution in [0.2, 0.25) is 0 Å². The van der Waals surface area contributed by atoms with Crippen molar-refractivity contribution in [3.8, 4) is 11.4 Å². The topological polar surface area (TPSA) is 138 Å². The molecule has 0 saturated carbocycles. The summed E-state index contributed by atoms with van der Waals surface area (Å²) in [6.07, 6.45) is 1.36. The number of amides is 1. The summed E-state index contributed by atoms with van der Waals surface area (Å²) in [7, 11) is 0. The number of hydrogen-bond donors (Lipinski definition) is 3. The van der Waals surface area contributed by atoms with E-state index in [1.54, 1.807) is 12.1 Å². The minimum atomic E-state index is -0.476.